The Morgan fingerprint density at radius 2 is 2.24 bits per heavy atom. The standard InChI is InChI=1S/C14H15BrFN3OS/c15-10-7-9(1-2-11(10)16)4-6-18-14(20)12-8-21-13(19-12)3-5-17/h1-2,7-8H,3-6,17H2,(H,18,20). The molecule has 21 heavy (non-hydrogen) atoms. The van der Waals surface area contributed by atoms with Gasteiger partial charge >= 0.3 is 0 Å². The molecule has 2 rings (SSSR count). The maximum atomic E-state index is 13.1. The van der Waals surface area contributed by atoms with Crippen LogP contribution in [-0.2, 0) is 12.8 Å². The molecule has 1 aromatic carbocycles. The molecule has 1 aromatic heterocycles. The molecule has 4 nitrogen and oxygen atoms in total. The SMILES string of the molecule is NCCc1nc(C(=O)NCCc2ccc(F)c(Br)c2)cs1. The molecule has 0 saturated carbocycles. The Hall–Kier alpha value is -1.31. The number of carbonyl (C=O) groups excluding carboxylic acids is 1. The van der Waals surface area contributed by atoms with E-state index >= 15 is 0 Å². The van der Waals surface area contributed by atoms with Crippen molar-refractivity contribution in [1.82, 2.24) is 10.3 Å². The summed E-state index contributed by atoms with van der Waals surface area (Å²) < 4.78 is 13.5. The Bertz CT molecular complexity index is 632. The van der Waals surface area contributed by atoms with Gasteiger partial charge in [0.1, 0.15) is 11.5 Å². The normalized spacial score (nSPS) is 10.6. The number of nitrogens with one attached hydrogen (secondary N) is 1. The molecule has 0 radical (unpaired) electrons. The van der Waals surface area contributed by atoms with Gasteiger partial charge in [0.05, 0.1) is 9.48 Å². The number of aromatic nitrogens is 1. The van der Waals surface area contributed by atoms with Crippen LogP contribution in [0.25, 0.3) is 0 Å². The van der Waals surface area contributed by atoms with E-state index in [1.54, 1.807) is 17.5 Å². The fourth-order valence-corrected chi connectivity index (χ4v) is 2.98. The predicted octanol–water partition coefficient (Wildman–Crippen LogP) is 2.52. The largest absolute Gasteiger partial charge is 0.350 e. The summed E-state index contributed by atoms with van der Waals surface area (Å²) >= 11 is 4.58. The van der Waals surface area contributed by atoms with E-state index in [0.29, 0.717) is 36.1 Å². The maximum Gasteiger partial charge on any atom is 0.270 e. The first kappa shape index (κ1) is 16.1. The molecule has 0 bridgehead atoms. The van der Waals surface area contributed by atoms with E-state index in [1.165, 1.54) is 17.4 Å². The van der Waals surface area contributed by atoms with Gasteiger partial charge in [0.2, 0.25) is 0 Å². The lowest BCUT2D eigenvalue weighted by Gasteiger charge is -2.04. The van der Waals surface area contributed by atoms with Crippen LogP contribution in [-0.4, -0.2) is 24.0 Å². The minimum absolute atomic E-state index is 0.198. The van der Waals surface area contributed by atoms with Crippen LogP contribution < -0.4 is 11.1 Å². The number of hydrogen-bond acceptors (Lipinski definition) is 4. The highest BCUT2D eigenvalue weighted by atomic mass is 79.9. The molecule has 0 unspecified atom stereocenters. The molecule has 0 saturated heterocycles. The molecule has 0 atom stereocenters. The summed E-state index contributed by atoms with van der Waals surface area (Å²) in [5.41, 5.74) is 6.82. The fourth-order valence-electron chi connectivity index (χ4n) is 1.76. The third-order valence-electron chi connectivity index (χ3n) is 2.83. The van der Waals surface area contributed by atoms with Crippen LogP contribution in [0.3, 0.4) is 0 Å². The van der Waals surface area contributed by atoms with Crippen LogP contribution in [0.5, 0.6) is 0 Å². The topological polar surface area (TPSA) is 68.0 Å². The van der Waals surface area contributed by atoms with Crippen LogP contribution in [0.1, 0.15) is 21.1 Å². The third kappa shape index (κ3) is 4.59. The first-order chi connectivity index (χ1) is 10.1. The summed E-state index contributed by atoms with van der Waals surface area (Å²) in [5.74, 6) is -0.492. The zero-order valence-corrected chi connectivity index (χ0v) is 13.6. The summed E-state index contributed by atoms with van der Waals surface area (Å²) in [6.07, 6.45) is 1.31. The van der Waals surface area contributed by atoms with Crippen LogP contribution >= 0.6 is 27.3 Å². The molecular weight excluding hydrogens is 357 g/mol. The molecule has 0 aliphatic rings. The molecule has 0 spiro atoms. The van der Waals surface area contributed by atoms with Gasteiger partial charge in [-0.3, -0.25) is 4.79 Å². The lowest BCUT2D eigenvalue weighted by Crippen LogP contribution is -2.26. The van der Waals surface area contributed by atoms with Crippen molar-refractivity contribution >= 4 is 33.2 Å². The van der Waals surface area contributed by atoms with Crippen molar-refractivity contribution in [3.05, 3.63) is 50.1 Å². The average Bonchev–Trinajstić information content (AvgIpc) is 2.92. The number of carbonyl (C=O) groups is 1. The highest BCUT2D eigenvalue weighted by molar-refractivity contribution is 9.10. The van der Waals surface area contributed by atoms with Crippen LogP contribution in [0.4, 0.5) is 4.39 Å². The van der Waals surface area contributed by atoms with Gasteiger partial charge in [0.15, 0.2) is 0 Å². The van der Waals surface area contributed by atoms with Gasteiger partial charge in [0, 0.05) is 18.3 Å². The van der Waals surface area contributed by atoms with E-state index in [2.05, 4.69) is 26.2 Å². The number of nitrogens with two attached hydrogens (primary N) is 1. The van der Waals surface area contributed by atoms with Gasteiger partial charge in [0.25, 0.3) is 5.91 Å². The van der Waals surface area contributed by atoms with Gasteiger partial charge < -0.3 is 11.1 Å². The van der Waals surface area contributed by atoms with Gasteiger partial charge in [-0.05, 0) is 46.6 Å². The molecule has 0 aliphatic carbocycles. The first-order valence-corrected chi connectivity index (χ1v) is 8.14. The van der Waals surface area contributed by atoms with Crippen molar-refractivity contribution in [1.29, 1.82) is 0 Å². The minimum Gasteiger partial charge on any atom is -0.350 e. The quantitative estimate of drug-likeness (QED) is 0.819. The number of hydrogen-bond donors (Lipinski definition) is 2. The predicted molar refractivity (Wildman–Crippen MR) is 85.0 cm³/mol. The average molecular weight is 372 g/mol. The van der Waals surface area contributed by atoms with E-state index in [-0.39, 0.29) is 11.7 Å². The van der Waals surface area contributed by atoms with Crippen molar-refractivity contribution < 1.29 is 9.18 Å². The molecule has 7 heteroatoms. The molecular formula is C14H15BrFN3OS. The van der Waals surface area contributed by atoms with E-state index in [1.807, 2.05) is 0 Å². The van der Waals surface area contributed by atoms with Crippen molar-refractivity contribution in [2.24, 2.45) is 5.73 Å². The van der Waals surface area contributed by atoms with E-state index in [9.17, 15) is 9.18 Å². The number of thiazole rings is 1. The van der Waals surface area contributed by atoms with Crippen LogP contribution in [0, 0.1) is 5.82 Å². The number of amides is 1. The highest BCUT2D eigenvalue weighted by Crippen LogP contribution is 2.17. The maximum absolute atomic E-state index is 13.1. The molecule has 1 heterocycles. The van der Waals surface area contributed by atoms with Crippen molar-refractivity contribution in [3.8, 4) is 0 Å². The summed E-state index contributed by atoms with van der Waals surface area (Å²) in [5, 5.41) is 5.40. The summed E-state index contributed by atoms with van der Waals surface area (Å²) in [6.45, 7) is 0.995. The van der Waals surface area contributed by atoms with Crippen molar-refractivity contribution in [3.63, 3.8) is 0 Å². The Morgan fingerprint density at radius 1 is 1.43 bits per heavy atom. The number of rotatable bonds is 6. The molecule has 0 fully saturated rings. The van der Waals surface area contributed by atoms with Gasteiger partial charge in [-0.25, -0.2) is 9.37 Å². The summed E-state index contributed by atoms with van der Waals surface area (Å²) in [6, 6.07) is 4.82. The Balaban J connectivity index is 1.84. The second-order valence-corrected chi connectivity index (χ2v) is 6.22. The summed E-state index contributed by atoms with van der Waals surface area (Å²) in [4.78, 5) is 16.1. The van der Waals surface area contributed by atoms with Crippen molar-refractivity contribution in [2.75, 3.05) is 13.1 Å². The summed E-state index contributed by atoms with van der Waals surface area (Å²) in [7, 11) is 0. The number of benzene rings is 1. The Morgan fingerprint density at radius 3 is 2.95 bits per heavy atom. The number of halogens is 2. The number of nitrogens with zero attached hydrogens (tertiary/aromatic N) is 1. The smallest absolute Gasteiger partial charge is 0.270 e. The van der Waals surface area contributed by atoms with Gasteiger partial charge in [-0.15, -0.1) is 11.3 Å². The lowest BCUT2D eigenvalue weighted by atomic mass is 10.1. The molecule has 0 aliphatic heterocycles. The Kier molecular flexibility index (Phi) is 5.84. The lowest BCUT2D eigenvalue weighted by molar-refractivity contribution is 0.0949. The van der Waals surface area contributed by atoms with Crippen LogP contribution in [0.2, 0.25) is 0 Å². The second kappa shape index (κ2) is 7.63. The third-order valence-corrected chi connectivity index (χ3v) is 4.34. The fraction of sp³-hybridized carbons (Fsp3) is 0.286. The monoisotopic (exact) mass is 371 g/mol. The minimum atomic E-state index is -0.294. The van der Waals surface area contributed by atoms with E-state index < -0.39 is 0 Å². The van der Waals surface area contributed by atoms with Crippen molar-refractivity contribution in [2.45, 2.75) is 12.8 Å². The van der Waals surface area contributed by atoms with Gasteiger partial charge in [-0.2, -0.15) is 0 Å². The molecule has 112 valence electrons. The molecule has 1 amide bonds. The second-order valence-electron chi connectivity index (χ2n) is 4.42. The zero-order chi connectivity index (χ0) is 15.2. The highest BCUT2D eigenvalue weighted by Gasteiger charge is 2.10. The first-order valence-electron chi connectivity index (χ1n) is 6.46. The Labute approximate surface area is 134 Å². The van der Waals surface area contributed by atoms with E-state index in [4.69, 9.17) is 5.73 Å². The van der Waals surface area contributed by atoms with E-state index in [0.717, 1.165) is 10.6 Å². The molecule has 3 N–H and O–H groups in total. The van der Waals surface area contributed by atoms with Crippen LogP contribution in [0.15, 0.2) is 28.1 Å². The zero-order valence-electron chi connectivity index (χ0n) is 11.2. The molecule has 2 aromatic rings. The van der Waals surface area contributed by atoms with Gasteiger partial charge in [-0.1, -0.05) is 6.07 Å².